The van der Waals surface area contributed by atoms with Gasteiger partial charge in [0.05, 0.1) is 16.7 Å². The minimum absolute atomic E-state index is 1.07. The maximum absolute atomic E-state index is 3.73. The van der Waals surface area contributed by atoms with Crippen LogP contribution in [0.5, 0.6) is 0 Å². The third-order valence-corrected chi connectivity index (χ3v) is 5.51. The van der Waals surface area contributed by atoms with Gasteiger partial charge in [-0.15, -0.1) is 0 Å². The second-order valence-electron chi connectivity index (χ2n) is 5.09. The minimum atomic E-state index is 1.07. The standard InChI is InChI=1S/C18H10Br3N/c19-11-9-13-12-5-1-3-7-16(12)22(18(13)15(21)10-11)17-8-4-2-6-14(17)20/h1-10H. The first kappa shape index (κ1) is 14.5. The third kappa shape index (κ3) is 2.16. The van der Waals surface area contributed by atoms with E-state index < -0.39 is 0 Å². The van der Waals surface area contributed by atoms with Crippen LogP contribution in [0.15, 0.2) is 74.1 Å². The van der Waals surface area contributed by atoms with E-state index in [0.29, 0.717) is 0 Å². The largest absolute Gasteiger partial charge is 0.307 e. The van der Waals surface area contributed by atoms with E-state index in [0.717, 1.165) is 19.1 Å². The number of fused-ring (bicyclic) bond motifs is 3. The van der Waals surface area contributed by atoms with Crippen LogP contribution in [-0.2, 0) is 0 Å². The number of benzene rings is 3. The highest BCUT2D eigenvalue weighted by atomic mass is 79.9. The molecule has 3 aromatic carbocycles. The summed E-state index contributed by atoms with van der Waals surface area (Å²) in [6, 6.07) is 21.1. The summed E-state index contributed by atoms with van der Waals surface area (Å²) in [5.41, 5.74) is 3.51. The van der Waals surface area contributed by atoms with Crippen LogP contribution in [0.25, 0.3) is 27.5 Å². The molecule has 0 aliphatic heterocycles. The highest BCUT2D eigenvalue weighted by molar-refractivity contribution is 9.11. The molecule has 108 valence electrons. The van der Waals surface area contributed by atoms with Gasteiger partial charge in [-0.2, -0.15) is 0 Å². The second-order valence-corrected chi connectivity index (χ2v) is 7.71. The summed E-state index contributed by atoms with van der Waals surface area (Å²) >= 11 is 11.0. The molecule has 1 heterocycles. The Labute approximate surface area is 153 Å². The highest BCUT2D eigenvalue weighted by Crippen LogP contribution is 2.39. The second kappa shape index (κ2) is 5.52. The Kier molecular flexibility index (Phi) is 3.63. The van der Waals surface area contributed by atoms with Crippen LogP contribution in [-0.4, -0.2) is 4.57 Å². The van der Waals surface area contributed by atoms with Crippen LogP contribution < -0.4 is 0 Å². The molecule has 0 fully saturated rings. The SMILES string of the molecule is Brc1cc(Br)c2c(c1)c1ccccc1n2-c1ccccc1Br. The van der Waals surface area contributed by atoms with Crippen molar-refractivity contribution in [2.24, 2.45) is 0 Å². The molecule has 4 heteroatoms. The fraction of sp³-hybridized carbons (Fsp3) is 0. The number of halogens is 3. The van der Waals surface area contributed by atoms with Crippen LogP contribution in [0, 0.1) is 0 Å². The summed E-state index contributed by atoms with van der Waals surface area (Å²) in [5.74, 6) is 0. The summed E-state index contributed by atoms with van der Waals surface area (Å²) in [6.45, 7) is 0. The topological polar surface area (TPSA) is 4.93 Å². The monoisotopic (exact) mass is 477 g/mol. The van der Waals surface area contributed by atoms with Crippen LogP contribution in [0.4, 0.5) is 0 Å². The minimum Gasteiger partial charge on any atom is -0.307 e. The molecule has 0 aliphatic carbocycles. The van der Waals surface area contributed by atoms with Crippen molar-refractivity contribution >= 4 is 69.6 Å². The summed E-state index contributed by atoms with van der Waals surface area (Å²) in [6.07, 6.45) is 0. The van der Waals surface area contributed by atoms with Gasteiger partial charge >= 0.3 is 0 Å². The molecule has 0 atom stereocenters. The van der Waals surface area contributed by atoms with E-state index in [2.05, 4.69) is 107 Å². The van der Waals surface area contributed by atoms with E-state index >= 15 is 0 Å². The quantitative estimate of drug-likeness (QED) is 0.275. The lowest BCUT2D eigenvalue weighted by Gasteiger charge is -2.11. The molecule has 0 saturated carbocycles. The van der Waals surface area contributed by atoms with Crippen molar-refractivity contribution < 1.29 is 0 Å². The van der Waals surface area contributed by atoms with Gasteiger partial charge < -0.3 is 4.57 Å². The van der Waals surface area contributed by atoms with Gasteiger partial charge in [0.25, 0.3) is 0 Å². The van der Waals surface area contributed by atoms with Crippen LogP contribution in [0.2, 0.25) is 0 Å². The van der Waals surface area contributed by atoms with Crippen molar-refractivity contribution in [1.82, 2.24) is 4.57 Å². The zero-order chi connectivity index (χ0) is 15.3. The summed E-state index contributed by atoms with van der Waals surface area (Å²) in [7, 11) is 0. The van der Waals surface area contributed by atoms with Gasteiger partial charge in [0, 0.05) is 24.2 Å². The lowest BCUT2D eigenvalue weighted by Crippen LogP contribution is -1.95. The first-order valence-corrected chi connectivity index (χ1v) is 9.18. The average Bonchev–Trinajstić information content (AvgIpc) is 2.83. The van der Waals surface area contributed by atoms with E-state index in [4.69, 9.17) is 0 Å². The molecule has 0 amide bonds. The van der Waals surface area contributed by atoms with Gasteiger partial charge in [0.2, 0.25) is 0 Å². The Hall–Kier alpha value is -1.10. The maximum atomic E-state index is 3.73. The molecule has 1 aromatic heterocycles. The lowest BCUT2D eigenvalue weighted by atomic mass is 10.2. The van der Waals surface area contributed by atoms with E-state index in [1.807, 2.05) is 6.07 Å². The van der Waals surface area contributed by atoms with Gasteiger partial charge in [0.1, 0.15) is 0 Å². The Morgan fingerprint density at radius 2 is 1.41 bits per heavy atom. The number of para-hydroxylation sites is 2. The molecule has 0 radical (unpaired) electrons. The summed E-state index contributed by atoms with van der Waals surface area (Å²) < 4.78 is 5.52. The molecule has 0 N–H and O–H groups in total. The van der Waals surface area contributed by atoms with Crippen LogP contribution in [0.3, 0.4) is 0 Å². The van der Waals surface area contributed by atoms with Crippen molar-refractivity contribution in [3.05, 3.63) is 74.1 Å². The molecule has 4 aromatic rings. The fourth-order valence-electron chi connectivity index (χ4n) is 2.90. The number of hydrogen-bond acceptors (Lipinski definition) is 0. The van der Waals surface area contributed by atoms with Gasteiger partial charge in [0.15, 0.2) is 0 Å². The molecular formula is C18H10Br3N. The van der Waals surface area contributed by atoms with E-state index in [1.165, 1.54) is 21.8 Å². The van der Waals surface area contributed by atoms with Crippen molar-refractivity contribution in [2.75, 3.05) is 0 Å². The molecule has 0 aliphatic rings. The number of nitrogens with zero attached hydrogens (tertiary/aromatic N) is 1. The highest BCUT2D eigenvalue weighted by Gasteiger charge is 2.16. The number of aromatic nitrogens is 1. The van der Waals surface area contributed by atoms with Gasteiger partial charge in [-0.3, -0.25) is 0 Å². The molecule has 1 nitrogen and oxygen atoms in total. The predicted octanol–water partition coefficient (Wildman–Crippen LogP) is 7.07. The summed E-state index contributed by atoms with van der Waals surface area (Å²) in [5, 5.41) is 2.47. The third-order valence-electron chi connectivity index (χ3n) is 3.78. The van der Waals surface area contributed by atoms with Gasteiger partial charge in [-0.25, -0.2) is 0 Å². The predicted molar refractivity (Wildman–Crippen MR) is 104 cm³/mol. The first-order valence-electron chi connectivity index (χ1n) is 6.80. The molecule has 0 saturated heterocycles. The molecular weight excluding hydrogens is 470 g/mol. The average molecular weight is 480 g/mol. The van der Waals surface area contributed by atoms with Gasteiger partial charge in [-0.1, -0.05) is 46.3 Å². The van der Waals surface area contributed by atoms with Gasteiger partial charge in [-0.05, 0) is 62.2 Å². The Morgan fingerprint density at radius 3 is 2.23 bits per heavy atom. The molecule has 4 rings (SSSR count). The van der Waals surface area contributed by atoms with Crippen molar-refractivity contribution in [2.45, 2.75) is 0 Å². The first-order chi connectivity index (χ1) is 10.7. The maximum Gasteiger partial charge on any atom is 0.0684 e. The Morgan fingerprint density at radius 1 is 0.682 bits per heavy atom. The van der Waals surface area contributed by atoms with Crippen molar-refractivity contribution in [3.8, 4) is 5.69 Å². The molecule has 22 heavy (non-hydrogen) atoms. The zero-order valence-corrected chi connectivity index (χ0v) is 16.1. The molecule has 0 bridgehead atoms. The smallest absolute Gasteiger partial charge is 0.0684 e. The lowest BCUT2D eigenvalue weighted by molar-refractivity contribution is 1.16. The summed E-state index contributed by atoms with van der Waals surface area (Å²) in [4.78, 5) is 0. The zero-order valence-electron chi connectivity index (χ0n) is 11.4. The molecule has 0 unspecified atom stereocenters. The fourth-order valence-corrected chi connectivity index (χ4v) is 4.76. The Balaban J connectivity index is 2.28. The van der Waals surface area contributed by atoms with Crippen molar-refractivity contribution in [1.29, 1.82) is 0 Å². The Bertz CT molecular complexity index is 1020. The van der Waals surface area contributed by atoms with Crippen LogP contribution >= 0.6 is 47.8 Å². The molecule has 0 spiro atoms. The number of hydrogen-bond donors (Lipinski definition) is 0. The van der Waals surface area contributed by atoms with Crippen LogP contribution in [0.1, 0.15) is 0 Å². The normalized spacial score (nSPS) is 11.4. The van der Waals surface area contributed by atoms with Crippen molar-refractivity contribution in [3.63, 3.8) is 0 Å². The van der Waals surface area contributed by atoms with E-state index in [9.17, 15) is 0 Å². The number of rotatable bonds is 1. The van der Waals surface area contributed by atoms with E-state index in [1.54, 1.807) is 0 Å². The van der Waals surface area contributed by atoms with E-state index in [-0.39, 0.29) is 0 Å².